The van der Waals surface area contributed by atoms with Gasteiger partial charge in [-0.1, -0.05) is 18.2 Å². The Hall–Kier alpha value is -1.26. The third-order valence-corrected chi connectivity index (χ3v) is 5.06. The van der Waals surface area contributed by atoms with Gasteiger partial charge in [-0.15, -0.1) is 0 Å². The highest BCUT2D eigenvalue weighted by molar-refractivity contribution is 8.00. The van der Waals surface area contributed by atoms with Gasteiger partial charge < -0.3 is 4.98 Å². The van der Waals surface area contributed by atoms with Crippen molar-refractivity contribution < 1.29 is 4.79 Å². The summed E-state index contributed by atoms with van der Waals surface area (Å²) in [5.74, 6) is 1.32. The van der Waals surface area contributed by atoms with Gasteiger partial charge in [-0.2, -0.15) is 11.8 Å². The number of rotatable bonds is 3. The van der Waals surface area contributed by atoms with E-state index in [1.165, 1.54) is 0 Å². The summed E-state index contributed by atoms with van der Waals surface area (Å²) in [6.07, 6.45) is 1.84. The molecule has 106 valence electrons. The molecule has 0 saturated carbocycles. The van der Waals surface area contributed by atoms with Crippen LogP contribution < -0.4 is 0 Å². The number of fused-ring (bicyclic) bond motifs is 1. The summed E-state index contributed by atoms with van der Waals surface area (Å²) in [6, 6.07) is 7.98. The van der Waals surface area contributed by atoms with Crippen molar-refractivity contribution in [2.75, 3.05) is 25.4 Å². The van der Waals surface area contributed by atoms with Gasteiger partial charge in [0.1, 0.15) is 0 Å². The number of para-hydroxylation sites is 1. The highest BCUT2D eigenvalue weighted by Crippen LogP contribution is 2.29. The summed E-state index contributed by atoms with van der Waals surface area (Å²) in [4.78, 5) is 18.0. The van der Waals surface area contributed by atoms with Crippen molar-refractivity contribution in [3.05, 3.63) is 36.0 Å². The lowest BCUT2D eigenvalue weighted by Gasteiger charge is -2.37. The second-order valence-corrected chi connectivity index (χ2v) is 7.79. The quantitative estimate of drug-likeness (QED) is 0.881. The standard InChI is InChI=1S/C16H20N2OS/c1-16(2)11-18(7-8-20-16)10-15(19)13-9-17-14-6-4-3-5-12(13)14/h3-6,9,17H,7-8,10-11H2,1-2H3. The molecule has 0 bridgehead atoms. The average molecular weight is 288 g/mol. The molecule has 1 saturated heterocycles. The fourth-order valence-electron chi connectivity index (χ4n) is 2.84. The van der Waals surface area contributed by atoms with Gasteiger partial charge in [0.2, 0.25) is 0 Å². The van der Waals surface area contributed by atoms with E-state index in [-0.39, 0.29) is 10.5 Å². The molecule has 0 aliphatic carbocycles. The van der Waals surface area contributed by atoms with E-state index in [9.17, 15) is 4.79 Å². The molecule has 1 aliphatic rings. The lowest BCUT2D eigenvalue weighted by Crippen LogP contribution is -2.45. The number of nitrogens with zero attached hydrogens (tertiary/aromatic N) is 1. The van der Waals surface area contributed by atoms with Crippen molar-refractivity contribution in [3.63, 3.8) is 0 Å². The molecule has 1 N–H and O–H groups in total. The van der Waals surface area contributed by atoms with E-state index in [0.717, 1.165) is 35.3 Å². The van der Waals surface area contributed by atoms with Gasteiger partial charge in [-0.05, 0) is 19.9 Å². The Bertz CT molecular complexity index is 632. The van der Waals surface area contributed by atoms with Crippen LogP contribution in [0.3, 0.4) is 0 Å². The molecule has 0 spiro atoms. The van der Waals surface area contributed by atoms with Crippen LogP contribution in [-0.2, 0) is 0 Å². The van der Waals surface area contributed by atoms with E-state index in [1.54, 1.807) is 0 Å². The summed E-state index contributed by atoms with van der Waals surface area (Å²) in [7, 11) is 0. The molecule has 0 amide bonds. The van der Waals surface area contributed by atoms with Crippen LogP contribution in [0.25, 0.3) is 10.9 Å². The van der Waals surface area contributed by atoms with Crippen LogP contribution in [0.15, 0.2) is 30.5 Å². The summed E-state index contributed by atoms with van der Waals surface area (Å²) in [6.45, 7) is 7.00. The number of Topliss-reactive ketones (excluding diaryl/α,β-unsaturated/α-hetero) is 1. The largest absolute Gasteiger partial charge is 0.360 e. The maximum Gasteiger partial charge on any atom is 0.178 e. The van der Waals surface area contributed by atoms with Gasteiger partial charge in [0.15, 0.2) is 5.78 Å². The van der Waals surface area contributed by atoms with Crippen LogP contribution in [-0.4, -0.2) is 45.8 Å². The fraction of sp³-hybridized carbons (Fsp3) is 0.438. The van der Waals surface area contributed by atoms with Crippen molar-refractivity contribution in [1.82, 2.24) is 9.88 Å². The minimum absolute atomic E-state index is 0.213. The first-order valence-corrected chi connectivity index (χ1v) is 7.99. The molecule has 1 aromatic heterocycles. The number of aromatic amines is 1. The van der Waals surface area contributed by atoms with Crippen molar-refractivity contribution in [3.8, 4) is 0 Å². The van der Waals surface area contributed by atoms with Crippen molar-refractivity contribution >= 4 is 28.4 Å². The predicted octanol–water partition coefficient (Wildman–Crippen LogP) is 3.18. The number of H-pyrrole nitrogens is 1. The number of carbonyl (C=O) groups excluding carboxylic acids is 1. The zero-order valence-corrected chi connectivity index (χ0v) is 12.8. The van der Waals surface area contributed by atoms with Crippen molar-refractivity contribution in [2.45, 2.75) is 18.6 Å². The van der Waals surface area contributed by atoms with E-state index in [2.05, 4.69) is 23.7 Å². The van der Waals surface area contributed by atoms with Gasteiger partial charge in [0, 0.05) is 46.3 Å². The van der Waals surface area contributed by atoms with E-state index < -0.39 is 0 Å². The molecular formula is C16H20N2OS. The highest BCUT2D eigenvalue weighted by Gasteiger charge is 2.28. The summed E-state index contributed by atoms with van der Waals surface area (Å²) in [5, 5.41) is 1.03. The van der Waals surface area contributed by atoms with Crippen LogP contribution in [0.5, 0.6) is 0 Å². The van der Waals surface area contributed by atoms with Crippen LogP contribution in [0.1, 0.15) is 24.2 Å². The molecule has 2 aromatic rings. The molecule has 2 heterocycles. The predicted molar refractivity (Wildman–Crippen MR) is 85.6 cm³/mol. The normalized spacial score (nSPS) is 19.3. The second kappa shape index (κ2) is 5.26. The second-order valence-electron chi connectivity index (χ2n) is 5.99. The molecule has 0 unspecified atom stereocenters. The lowest BCUT2D eigenvalue weighted by atomic mass is 10.1. The van der Waals surface area contributed by atoms with E-state index in [0.29, 0.717) is 6.54 Å². The molecular weight excluding hydrogens is 268 g/mol. The van der Waals surface area contributed by atoms with Crippen molar-refractivity contribution in [2.24, 2.45) is 0 Å². The number of nitrogens with one attached hydrogen (secondary N) is 1. The Morgan fingerprint density at radius 1 is 1.40 bits per heavy atom. The summed E-state index contributed by atoms with van der Waals surface area (Å²) < 4.78 is 0.249. The minimum atomic E-state index is 0.213. The number of thioether (sulfide) groups is 1. The molecule has 1 fully saturated rings. The minimum Gasteiger partial charge on any atom is -0.360 e. The Labute approximate surface area is 123 Å². The number of hydrogen-bond donors (Lipinski definition) is 1. The van der Waals surface area contributed by atoms with Crippen molar-refractivity contribution in [1.29, 1.82) is 0 Å². The van der Waals surface area contributed by atoms with E-state index in [1.807, 2.05) is 42.2 Å². The number of hydrogen-bond acceptors (Lipinski definition) is 3. The fourth-order valence-corrected chi connectivity index (χ4v) is 4.02. The Morgan fingerprint density at radius 2 is 2.20 bits per heavy atom. The van der Waals surface area contributed by atoms with Gasteiger partial charge >= 0.3 is 0 Å². The van der Waals surface area contributed by atoms with Crippen LogP contribution in [0.2, 0.25) is 0 Å². The summed E-state index contributed by atoms with van der Waals surface area (Å²) in [5.41, 5.74) is 1.85. The highest BCUT2D eigenvalue weighted by atomic mass is 32.2. The number of aromatic nitrogens is 1. The van der Waals surface area contributed by atoms with Crippen LogP contribution in [0, 0.1) is 0 Å². The molecule has 4 heteroatoms. The monoisotopic (exact) mass is 288 g/mol. The lowest BCUT2D eigenvalue weighted by molar-refractivity contribution is 0.0929. The molecule has 0 radical (unpaired) electrons. The third kappa shape index (κ3) is 2.76. The maximum atomic E-state index is 12.5. The molecule has 3 nitrogen and oxygen atoms in total. The first kappa shape index (κ1) is 13.7. The molecule has 1 aliphatic heterocycles. The Balaban J connectivity index is 1.76. The van der Waals surface area contributed by atoms with Gasteiger partial charge in [-0.3, -0.25) is 9.69 Å². The van der Waals surface area contributed by atoms with E-state index in [4.69, 9.17) is 0 Å². The zero-order valence-electron chi connectivity index (χ0n) is 12.0. The average Bonchev–Trinajstić information content (AvgIpc) is 2.81. The Kier molecular flexibility index (Phi) is 3.61. The van der Waals surface area contributed by atoms with Gasteiger partial charge in [0.05, 0.1) is 6.54 Å². The SMILES string of the molecule is CC1(C)CN(CC(=O)c2c[nH]c3ccccc23)CCS1. The maximum absolute atomic E-state index is 12.5. The number of benzene rings is 1. The smallest absolute Gasteiger partial charge is 0.178 e. The topological polar surface area (TPSA) is 36.1 Å². The Morgan fingerprint density at radius 3 is 3.00 bits per heavy atom. The molecule has 0 atom stereocenters. The number of carbonyl (C=O) groups is 1. The van der Waals surface area contributed by atoms with E-state index >= 15 is 0 Å². The molecule has 3 rings (SSSR count). The van der Waals surface area contributed by atoms with Crippen LogP contribution >= 0.6 is 11.8 Å². The van der Waals surface area contributed by atoms with Gasteiger partial charge in [0.25, 0.3) is 0 Å². The number of ketones is 1. The van der Waals surface area contributed by atoms with Gasteiger partial charge in [-0.25, -0.2) is 0 Å². The molecule has 1 aromatic carbocycles. The zero-order chi connectivity index (χ0) is 14.2. The first-order chi connectivity index (χ1) is 9.55. The molecule has 20 heavy (non-hydrogen) atoms. The first-order valence-electron chi connectivity index (χ1n) is 7.01. The third-order valence-electron chi connectivity index (χ3n) is 3.76. The van der Waals surface area contributed by atoms with Crippen LogP contribution in [0.4, 0.5) is 0 Å². The summed E-state index contributed by atoms with van der Waals surface area (Å²) >= 11 is 1.99.